The van der Waals surface area contributed by atoms with Crippen LogP contribution in [0.25, 0.3) is 0 Å². The van der Waals surface area contributed by atoms with Gasteiger partial charge in [0.25, 0.3) is 5.91 Å². The Morgan fingerprint density at radius 1 is 1.53 bits per heavy atom. The van der Waals surface area contributed by atoms with Crippen LogP contribution in [0.1, 0.15) is 10.5 Å². The van der Waals surface area contributed by atoms with Gasteiger partial charge in [0.2, 0.25) is 0 Å². The summed E-state index contributed by atoms with van der Waals surface area (Å²) in [6.07, 6.45) is 4.92. The molecule has 0 aliphatic rings. The summed E-state index contributed by atoms with van der Waals surface area (Å²) in [5, 5.41) is 3.19. The summed E-state index contributed by atoms with van der Waals surface area (Å²) in [5.41, 5.74) is 1.05. The number of aromatic nitrogens is 2. The summed E-state index contributed by atoms with van der Waals surface area (Å²) in [6, 6.07) is 5.19. The van der Waals surface area contributed by atoms with Gasteiger partial charge in [0, 0.05) is 26.0 Å². The van der Waals surface area contributed by atoms with Gasteiger partial charge in [0.1, 0.15) is 5.69 Å². The average Bonchev–Trinajstić information content (AvgIpc) is 2.87. The lowest BCUT2D eigenvalue weighted by molar-refractivity contribution is 0.101. The van der Waals surface area contributed by atoms with Crippen LogP contribution in [0.3, 0.4) is 0 Å². The van der Waals surface area contributed by atoms with Crippen LogP contribution in [0.15, 0.2) is 36.8 Å². The molecule has 5 nitrogen and oxygen atoms in total. The molecule has 0 spiro atoms. The molecular weight excluding hydrogens is 266 g/mol. The van der Waals surface area contributed by atoms with E-state index in [0.29, 0.717) is 29.6 Å². The minimum atomic E-state index is -0.226. The Kier molecular flexibility index (Phi) is 4.54. The Morgan fingerprint density at radius 2 is 2.37 bits per heavy atom. The third-order valence-electron chi connectivity index (χ3n) is 2.61. The molecule has 0 saturated heterocycles. The lowest BCUT2D eigenvalue weighted by Crippen LogP contribution is -2.18. The molecule has 0 fully saturated rings. The molecule has 0 aliphatic carbocycles. The van der Waals surface area contributed by atoms with Crippen molar-refractivity contribution >= 4 is 23.2 Å². The van der Waals surface area contributed by atoms with Crippen LogP contribution >= 0.6 is 11.6 Å². The predicted molar refractivity (Wildman–Crippen MR) is 73.5 cm³/mol. The molecule has 2 rings (SSSR count). The quantitative estimate of drug-likeness (QED) is 0.914. The fourth-order valence-corrected chi connectivity index (χ4v) is 1.81. The SMILES string of the molecule is COCCn1cccc1C(=O)Nc1cnccc1Cl. The third kappa shape index (κ3) is 3.33. The standard InChI is InChI=1S/C13H14ClN3O2/c1-19-8-7-17-6-2-3-12(17)13(18)16-11-9-15-5-4-10(11)14/h2-6,9H,7-8H2,1H3,(H,16,18). The van der Waals surface area contributed by atoms with E-state index >= 15 is 0 Å². The van der Waals surface area contributed by atoms with Gasteiger partial charge in [-0.25, -0.2) is 0 Å². The van der Waals surface area contributed by atoms with Crippen molar-refractivity contribution < 1.29 is 9.53 Å². The molecule has 2 aromatic rings. The van der Waals surface area contributed by atoms with E-state index in [2.05, 4.69) is 10.3 Å². The number of amides is 1. The maximum absolute atomic E-state index is 12.2. The van der Waals surface area contributed by atoms with Gasteiger partial charge in [-0.1, -0.05) is 11.6 Å². The number of methoxy groups -OCH3 is 1. The number of carbonyl (C=O) groups is 1. The van der Waals surface area contributed by atoms with E-state index in [-0.39, 0.29) is 5.91 Å². The van der Waals surface area contributed by atoms with Gasteiger partial charge < -0.3 is 14.6 Å². The van der Waals surface area contributed by atoms with Crippen LogP contribution in [0.4, 0.5) is 5.69 Å². The average molecular weight is 280 g/mol. The molecule has 0 bridgehead atoms. The van der Waals surface area contributed by atoms with Crippen LogP contribution < -0.4 is 5.32 Å². The van der Waals surface area contributed by atoms with Gasteiger partial charge >= 0.3 is 0 Å². The highest BCUT2D eigenvalue weighted by atomic mass is 35.5. The molecule has 0 atom stereocenters. The largest absolute Gasteiger partial charge is 0.383 e. The van der Waals surface area contributed by atoms with Crippen molar-refractivity contribution in [3.05, 3.63) is 47.5 Å². The maximum atomic E-state index is 12.2. The predicted octanol–water partition coefficient (Wildman–Crippen LogP) is 2.44. The number of rotatable bonds is 5. The zero-order chi connectivity index (χ0) is 13.7. The highest BCUT2D eigenvalue weighted by Gasteiger charge is 2.12. The number of halogens is 1. The summed E-state index contributed by atoms with van der Waals surface area (Å²) >= 11 is 5.97. The summed E-state index contributed by atoms with van der Waals surface area (Å²) in [6.45, 7) is 1.16. The number of carbonyl (C=O) groups excluding carboxylic acids is 1. The fraction of sp³-hybridized carbons (Fsp3) is 0.231. The smallest absolute Gasteiger partial charge is 0.272 e. The molecule has 0 aliphatic heterocycles. The zero-order valence-electron chi connectivity index (χ0n) is 10.5. The van der Waals surface area contributed by atoms with E-state index < -0.39 is 0 Å². The highest BCUT2D eigenvalue weighted by molar-refractivity contribution is 6.33. The Bertz CT molecular complexity index is 569. The van der Waals surface area contributed by atoms with E-state index in [4.69, 9.17) is 16.3 Å². The number of anilines is 1. The highest BCUT2D eigenvalue weighted by Crippen LogP contribution is 2.20. The van der Waals surface area contributed by atoms with Crippen molar-refractivity contribution in [1.82, 2.24) is 9.55 Å². The van der Waals surface area contributed by atoms with E-state index in [1.54, 1.807) is 25.4 Å². The summed E-state index contributed by atoms with van der Waals surface area (Å²) in [4.78, 5) is 16.1. The molecule has 2 heterocycles. The Hall–Kier alpha value is -1.85. The Balaban J connectivity index is 2.12. The minimum Gasteiger partial charge on any atom is -0.383 e. The number of hydrogen-bond acceptors (Lipinski definition) is 3. The number of nitrogens with one attached hydrogen (secondary N) is 1. The molecule has 2 aromatic heterocycles. The molecule has 1 N–H and O–H groups in total. The lowest BCUT2D eigenvalue weighted by atomic mass is 10.3. The van der Waals surface area contributed by atoms with Gasteiger partial charge in [-0.2, -0.15) is 0 Å². The molecule has 0 saturated carbocycles. The number of nitrogens with zero attached hydrogens (tertiary/aromatic N) is 2. The van der Waals surface area contributed by atoms with Crippen LogP contribution in [0, 0.1) is 0 Å². The first kappa shape index (κ1) is 13.6. The number of pyridine rings is 1. The van der Waals surface area contributed by atoms with E-state index in [1.807, 2.05) is 16.8 Å². The molecule has 6 heteroatoms. The van der Waals surface area contributed by atoms with Gasteiger partial charge in [-0.3, -0.25) is 9.78 Å². The number of ether oxygens (including phenoxy) is 1. The normalized spacial score (nSPS) is 10.4. The molecule has 0 unspecified atom stereocenters. The van der Waals surface area contributed by atoms with Crippen LogP contribution in [0.2, 0.25) is 5.02 Å². The molecule has 1 amide bonds. The second-order valence-corrected chi connectivity index (χ2v) is 4.30. The van der Waals surface area contributed by atoms with E-state index in [0.717, 1.165) is 0 Å². The summed E-state index contributed by atoms with van der Waals surface area (Å²) in [7, 11) is 1.62. The van der Waals surface area contributed by atoms with Crippen molar-refractivity contribution in [3.8, 4) is 0 Å². The van der Waals surface area contributed by atoms with Gasteiger partial charge in [0.15, 0.2) is 0 Å². The first-order valence-corrected chi connectivity index (χ1v) is 6.15. The van der Waals surface area contributed by atoms with Crippen molar-refractivity contribution in [2.24, 2.45) is 0 Å². The zero-order valence-corrected chi connectivity index (χ0v) is 11.2. The summed E-state index contributed by atoms with van der Waals surface area (Å²) in [5.74, 6) is -0.226. The third-order valence-corrected chi connectivity index (χ3v) is 2.94. The van der Waals surface area contributed by atoms with Crippen molar-refractivity contribution in [2.45, 2.75) is 6.54 Å². The molecule has 0 radical (unpaired) electrons. The monoisotopic (exact) mass is 279 g/mol. The van der Waals surface area contributed by atoms with Crippen LogP contribution in [-0.2, 0) is 11.3 Å². The van der Waals surface area contributed by atoms with Gasteiger partial charge in [-0.05, 0) is 18.2 Å². The van der Waals surface area contributed by atoms with Crippen molar-refractivity contribution in [2.75, 3.05) is 19.0 Å². The summed E-state index contributed by atoms with van der Waals surface area (Å²) < 4.78 is 6.83. The topological polar surface area (TPSA) is 56.1 Å². The van der Waals surface area contributed by atoms with Crippen molar-refractivity contribution in [1.29, 1.82) is 0 Å². The Morgan fingerprint density at radius 3 is 3.11 bits per heavy atom. The van der Waals surface area contributed by atoms with Crippen molar-refractivity contribution in [3.63, 3.8) is 0 Å². The van der Waals surface area contributed by atoms with Crippen LogP contribution in [-0.4, -0.2) is 29.2 Å². The lowest BCUT2D eigenvalue weighted by Gasteiger charge is -2.10. The maximum Gasteiger partial charge on any atom is 0.272 e. The fourth-order valence-electron chi connectivity index (χ4n) is 1.66. The second kappa shape index (κ2) is 6.36. The van der Waals surface area contributed by atoms with E-state index in [1.165, 1.54) is 6.20 Å². The first-order chi connectivity index (χ1) is 9.22. The second-order valence-electron chi connectivity index (χ2n) is 3.89. The molecule has 100 valence electrons. The minimum absolute atomic E-state index is 0.226. The van der Waals surface area contributed by atoms with Gasteiger partial charge in [-0.15, -0.1) is 0 Å². The number of hydrogen-bond donors (Lipinski definition) is 1. The van der Waals surface area contributed by atoms with Crippen LogP contribution in [0.5, 0.6) is 0 Å². The van der Waals surface area contributed by atoms with E-state index in [9.17, 15) is 4.79 Å². The molecule has 0 aromatic carbocycles. The Labute approximate surface area is 116 Å². The first-order valence-electron chi connectivity index (χ1n) is 5.77. The molecule has 19 heavy (non-hydrogen) atoms. The van der Waals surface area contributed by atoms with Gasteiger partial charge in [0.05, 0.1) is 23.5 Å². The molecular formula is C13H14ClN3O2.